The molecule has 0 aromatic heterocycles. The lowest BCUT2D eigenvalue weighted by Crippen LogP contribution is -2.11. The third-order valence-corrected chi connectivity index (χ3v) is 1.96. The van der Waals surface area contributed by atoms with Crippen LogP contribution in [0.5, 0.6) is 0 Å². The zero-order valence-electron chi connectivity index (χ0n) is 7.57. The smallest absolute Gasteiger partial charge is 0.166 e. The van der Waals surface area contributed by atoms with E-state index in [0.29, 0.717) is 12.0 Å². The molecule has 1 rings (SSSR count). The number of hydrogen-bond acceptors (Lipinski definition) is 2. The Morgan fingerprint density at radius 2 is 2.00 bits per heavy atom. The molecule has 0 bridgehead atoms. The molecule has 0 spiro atoms. The maximum Gasteiger partial charge on any atom is 0.166 e. The van der Waals surface area contributed by atoms with Gasteiger partial charge in [-0.2, -0.15) is 0 Å². The van der Waals surface area contributed by atoms with Crippen LogP contribution in [0.2, 0.25) is 0 Å². The van der Waals surface area contributed by atoms with Crippen LogP contribution < -0.4 is 0 Å². The Bertz CT molecular complexity index is 290. The molecule has 0 fully saturated rings. The zero-order valence-corrected chi connectivity index (χ0v) is 7.57. The third-order valence-electron chi connectivity index (χ3n) is 1.96. The van der Waals surface area contributed by atoms with E-state index in [1.807, 2.05) is 18.2 Å². The molecule has 0 aliphatic rings. The van der Waals surface area contributed by atoms with Crippen molar-refractivity contribution in [2.75, 3.05) is 0 Å². The fourth-order valence-corrected chi connectivity index (χ4v) is 1.14. The molecule has 2 heteroatoms. The summed E-state index contributed by atoms with van der Waals surface area (Å²) in [6.45, 7) is 1.77. The second kappa shape index (κ2) is 4.55. The second-order valence-corrected chi connectivity index (χ2v) is 3.03. The SMILES string of the molecule is CC(CC=O)C(=O)c1ccccc1. The number of benzene rings is 1. The van der Waals surface area contributed by atoms with Gasteiger partial charge < -0.3 is 4.79 Å². The normalized spacial score (nSPS) is 12.1. The summed E-state index contributed by atoms with van der Waals surface area (Å²) >= 11 is 0. The van der Waals surface area contributed by atoms with Gasteiger partial charge in [-0.25, -0.2) is 0 Å². The van der Waals surface area contributed by atoms with Crippen LogP contribution >= 0.6 is 0 Å². The predicted molar refractivity (Wildman–Crippen MR) is 50.6 cm³/mol. The Morgan fingerprint density at radius 1 is 1.38 bits per heavy atom. The van der Waals surface area contributed by atoms with Gasteiger partial charge in [-0.3, -0.25) is 4.79 Å². The quantitative estimate of drug-likeness (QED) is 0.520. The largest absolute Gasteiger partial charge is 0.303 e. The molecular formula is C11H12O2. The highest BCUT2D eigenvalue weighted by Crippen LogP contribution is 2.10. The van der Waals surface area contributed by atoms with E-state index in [-0.39, 0.29) is 11.7 Å². The topological polar surface area (TPSA) is 34.1 Å². The maximum absolute atomic E-state index is 11.6. The van der Waals surface area contributed by atoms with Crippen molar-refractivity contribution >= 4 is 12.1 Å². The van der Waals surface area contributed by atoms with Crippen molar-refractivity contribution < 1.29 is 9.59 Å². The van der Waals surface area contributed by atoms with Crippen molar-refractivity contribution in [1.29, 1.82) is 0 Å². The van der Waals surface area contributed by atoms with E-state index in [0.717, 1.165) is 6.29 Å². The molecule has 13 heavy (non-hydrogen) atoms. The van der Waals surface area contributed by atoms with E-state index in [1.165, 1.54) is 0 Å². The number of carbonyl (C=O) groups excluding carboxylic acids is 2. The summed E-state index contributed by atoms with van der Waals surface area (Å²) in [4.78, 5) is 21.8. The van der Waals surface area contributed by atoms with E-state index in [2.05, 4.69) is 0 Å². The lowest BCUT2D eigenvalue weighted by atomic mass is 9.97. The lowest BCUT2D eigenvalue weighted by molar-refractivity contribution is -0.108. The molecule has 0 radical (unpaired) electrons. The molecule has 0 saturated carbocycles. The molecular weight excluding hydrogens is 164 g/mol. The number of hydrogen-bond donors (Lipinski definition) is 0. The number of carbonyl (C=O) groups is 2. The Kier molecular flexibility index (Phi) is 3.38. The molecule has 1 unspecified atom stereocenters. The van der Waals surface area contributed by atoms with Crippen LogP contribution in [0.3, 0.4) is 0 Å². The third kappa shape index (κ3) is 2.51. The zero-order chi connectivity index (χ0) is 9.68. The van der Waals surface area contributed by atoms with Gasteiger partial charge in [0.15, 0.2) is 5.78 Å². The van der Waals surface area contributed by atoms with Crippen molar-refractivity contribution in [2.24, 2.45) is 5.92 Å². The first-order chi connectivity index (χ1) is 6.25. The van der Waals surface area contributed by atoms with Gasteiger partial charge in [0.05, 0.1) is 0 Å². The van der Waals surface area contributed by atoms with Crippen molar-refractivity contribution in [2.45, 2.75) is 13.3 Å². The Hall–Kier alpha value is -1.44. The summed E-state index contributed by atoms with van der Waals surface area (Å²) in [5.41, 5.74) is 0.678. The summed E-state index contributed by atoms with van der Waals surface area (Å²) in [6, 6.07) is 9.04. The number of aldehydes is 1. The summed E-state index contributed by atoms with van der Waals surface area (Å²) in [6.07, 6.45) is 1.08. The molecule has 0 saturated heterocycles. The maximum atomic E-state index is 11.6. The van der Waals surface area contributed by atoms with Crippen molar-refractivity contribution in [3.8, 4) is 0 Å². The number of Topliss-reactive ketones (excluding diaryl/α,β-unsaturated/α-hetero) is 1. The highest BCUT2D eigenvalue weighted by atomic mass is 16.1. The first-order valence-corrected chi connectivity index (χ1v) is 4.28. The van der Waals surface area contributed by atoms with Gasteiger partial charge in [0, 0.05) is 17.9 Å². The molecule has 0 amide bonds. The monoisotopic (exact) mass is 176 g/mol. The minimum absolute atomic E-state index is 0.0349. The van der Waals surface area contributed by atoms with Gasteiger partial charge in [0.1, 0.15) is 6.29 Å². The summed E-state index contributed by atoms with van der Waals surface area (Å²) in [7, 11) is 0. The van der Waals surface area contributed by atoms with E-state index in [9.17, 15) is 9.59 Å². The minimum Gasteiger partial charge on any atom is -0.303 e. The molecule has 2 nitrogen and oxygen atoms in total. The van der Waals surface area contributed by atoms with Crippen LogP contribution in [0, 0.1) is 5.92 Å². The number of ketones is 1. The highest BCUT2D eigenvalue weighted by Gasteiger charge is 2.13. The standard InChI is InChI=1S/C11H12O2/c1-9(7-8-12)11(13)10-5-3-2-4-6-10/h2-6,8-9H,7H2,1H3. The second-order valence-electron chi connectivity index (χ2n) is 3.03. The van der Waals surface area contributed by atoms with E-state index < -0.39 is 0 Å². The highest BCUT2D eigenvalue weighted by molar-refractivity contribution is 5.98. The fraction of sp³-hybridized carbons (Fsp3) is 0.273. The van der Waals surface area contributed by atoms with Gasteiger partial charge in [0.2, 0.25) is 0 Å². The van der Waals surface area contributed by atoms with Gasteiger partial charge in [-0.1, -0.05) is 37.3 Å². The lowest BCUT2D eigenvalue weighted by Gasteiger charge is -2.05. The van der Waals surface area contributed by atoms with Gasteiger partial charge in [0.25, 0.3) is 0 Å². The van der Waals surface area contributed by atoms with Crippen LogP contribution in [-0.2, 0) is 4.79 Å². The van der Waals surface area contributed by atoms with Gasteiger partial charge in [-0.05, 0) is 0 Å². The van der Waals surface area contributed by atoms with Crippen LogP contribution in [0.15, 0.2) is 30.3 Å². The average molecular weight is 176 g/mol. The molecule has 1 aromatic carbocycles. The van der Waals surface area contributed by atoms with Crippen molar-refractivity contribution in [3.63, 3.8) is 0 Å². The van der Waals surface area contributed by atoms with E-state index >= 15 is 0 Å². The van der Waals surface area contributed by atoms with Crippen LogP contribution in [0.25, 0.3) is 0 Å². The Balaban J connectivity index is 2.73. The van der Waals surface area contributed by atoms with Crippen molar-refractivity contribution in [3.05, 3.63) is 35.9 Å². The van der Waals surface area contributed by atoms with Crippen LogP contribution in [-0.4, -0.2) is 12.1 Å². The molecule has 0 aliphatic heterocycles. The molecule has 68 valence electrons. The fourth-order valence-electron chi connectivity index (χ4n) is 1.14. The van der Waals surface area contributed by atoms with Gasteiger partial charge in [-0.15, -0.1) is 0 Å². The first kappa shape index (κ1) is 9.65. The Labute approximate surface area is 77.6 Å². The Morgan fingerprint density at radius 3 is 2.54 bits per heavy atom. The van der Waals surface area contributed by atoms with E-state index in [4.69, 9.17) is 0 Å². The van der Waals surface area contributed by atoms with Crippen LogP contribution in [0.4, 0.5) is 0 Å². The van der Waals surface area contributed by atoms with Crippen molar-refractivity contribution in [1.82, 2.24) is 0 Å². The molecule has 0 aliphatic carbocycles. The summed E-state index contributed by atoms with van der Waals surface area (Å²) in [5.74, 6) is -0.174. The molecule has 1 atom stereocenters. The first-order valence-electron chi connectivity index (χ1n) is 4.28. The molecule has 0 N–H and O–H groups in total. The molecule has 1 aromatic rings. The molecule has 0 heterocycles. The average Bonchev–Trinajstić information content (AvgIpc) is 2.18. The minimum atomic E-state index is -0.208. The predicted octanol–water partition coefficient (Wildman–Crippen LogP) is 2.09. The number of rotatable bonds is 4. The van der Waals surface area contributed by atoms with E-state index in [1.54, 1.807) is 19.1 Å². The van der Waals surface area contributed by atoms with Crippen LogP contribution in [0.1, 0.15) is 23.7 Å². The summed E-state index contributed by atoms with van der Waals surface area (Å²) in [5, 5.41) is 0. The summed E-state index contributed by atoms with van der Waals surface area (Å²) < 4.78 is 0. The van der Waals surface area contributed by atoms with Gasteiger partial charge >= 0.3 is 0 Å².